The summed E-state index contributed by atoms with van der Waals surface area (Å²) in [4.78, 5) is 22.8. The lowest BCUT2D eigenvalue weighted by Crippen LogP contribution is -2.47. The molecule has 1 aliphatic heterocycles. The second-order valence-corrected chi connectivity index (χ2v) is 4.70. The summed E-state index contributed by atoms with van der Waals surface area (Å²) in [5.41, 5.74) is 0.295. The molecule has 1 atom stereocenters. The van der Waals surface area contributed by atoms with E-state index in [2.05, 4.69) is 10.6 Å². The molecule has 0 spiro atoms. The van der Waals surface area contributed by atoms with Crippen molar-refractivity contribution < 1.29 is 14.7 Å². The highest BCUT2D eigenvalue weighted by Crippen LogP contribution is 2.21. The van der Waals surface area contributed by atoms with Crippen molar-refractivity contribution in [1.82, 2.24) is 5.32 Å². The van der Waals surface area contributed by atoms with Crippen LogP contribution in [0.5, 0.6) is 0 Å². The quantitative estimate of drug-likeness (QED) is 0.756. The first kappa shape index (κ1) is 12.6. The van der Waals surface area contributed by atoms with Crippen molar-refractivity contribution in [3.63, 3.8) is 0 Å². The van der Waals surface area contributed by atoms with Gasteiger partial charge in [-0.1, -0.05) is 0 Å². The van der Waals surface area contributed by atoms with Crippen LogP contribution in [0.4, 0.5) is 5.69 Å². The molecule has 1 unspecified atom stereocenters. The fraction of sp³-hybridized carbons (Fsp3) is 0.385. The van der Waals surface area contributed by atoms with Crippen molar-refractivity contribution in [3.05, 3.63) is 29.8 Å². The SMILES string of the molecule is CC1(C(=O)Nc2ccc(C(=O)O)cc2)CCCN1. The fourth-order valence-electron chi connectivity index (χ4n) is 2.05. The van der Waals surface area contributed by atoms with Gasteiger partial charge in [0.1, 0.15) is 0 Å². The number of rotatable bonds is 3. The maximum atomic E-state index is 12.1. The van der Waals surface area contributed by atoms with Gasteiger partial charge in [-0.2, -0.15) is 0 Å². The molecule has 1 amide bonds. The Morgan fingerprint density at radius 2 is 2.00 bits per heavy atom. The number of anilines is 1. The zero-order valence-electron chi connectivity index (χ0n) is 10.2. The molecule has 0 aromatic heterocycles. The number of nitrogens with one attached hydrogen (secondary N) is 2. The van der Waals surface area contributed by atoms with Crippen LogP contribution in [-0.4, -0.2) is 29.1 Å². The van der Waals surface area contributed by atoms with Gasteiger partial charge in [-0.25, -0.2) is 4.79 Å². The minimum atomic E-state index is -0.975. The number of benzene rings is 1. The molecule has 96 valence electrons. The molecule has 2 rings (SSSR count). The van der Waals surface area contributed by atoms with Gasteiger partial charge in [0, 0.05) is 5.69 Å². The van der Waals surface area contributed by atoms with Crippen LogP contribution in [0.25, 0.3) is 0 Å². The van der Waals surface area contributed by atoms with Gasteiger partial charge in [-0.05, 0) is 50.6 Å². The van der Waals surface area contributed by atoms with Crippen LogP contribution in [0.15, 0.2) is 24.3 Å². The van der Waals surface area contributed by atoms with Crippen LogP contribution >= 0.6 is 0 Å². The summed E-state index contributed by atoms with van der Waals surface area (Å²) in [6.07, 6.45) is 1.80. The van der Waals surface area contributed by atoms with Crippen LogP contribution in [0.3, 0.4) is 0 Å². The molecular weight excluding hydrogens is 232 g/mol. The Labute approximate surface area is 105 Å². The van der Waals surface area contributed by atoms with Crippen molar-refractivity contribution in [2.45, 2.75) is 25.3 Å². The van der Waals surface area contributed by atoms with E-state index >= 15 is 0 Å². The van der Waals surface area contributed by atoms with Gasteiger partial charge in [-0.15, -0.1) is 0 Å². The number of aromatic carboxylic acids is 1. The molecule has 1 fully saturated rings. The van der Waals surface area contributed by atoms with E-state index in [1.54, 1.807) is 12.1 Å². The van der Waals surface area contributed by atoms with Crippen molar-refractivity contribution in [3.8, 4) is 0 Å². The van der Waals surface area contributed by atoms with Gasteiger partial charge >= 0.3 is 5.97 Å². The third kappa shape index (κ3) is 2.51. The average Bonchev–Trinajstić information content (AvgIpc) is 2.78. The Morgan fingerprint density at radius 3 is 2.50 bits per heavy atom. The molecule has 0 saturated carbocycles. The molecule has 5 heteroatoms. The van der Waals surface area contributed by atoms with Gasteiger partial charge in [0.25, 0.3) is 0 Å². The Balaban J connectivity index is 2.05. The molecule has 1 aromatic carbocycles. The molecule has 1 aromatic rings. The van der Waals surface area contributed by atoms with E-state index in [1.807, 2.05) is 6.92 Å². The van der Waals surface area contributed by atoms with Crippen LogP contribution in [0.2, 0.25) is 0 Å². The largest absolute Gasteiger partial charge is 0.478 e. The summed E-state index contributed by atoms with van der Waals surface area (Å²) in [6.45, 7) is 2.73. The lowest BCUT2D eigenvalue weighted by Gasteiger charge is -2.23. The minimum Gasteiger partial charge on any atom is -0.478 e. The predicted molar refractivity (Wildman–Crippen MR) is 67.7 cm³/mol. The topological polar surface area (TPSA) is 78.4 Å². The van der Waals surface area contributed by atoms with E-state index < -0.39 is 11.5 Å². The van der Waals surface area contributed by atoms with Gasteiger partial charge in [0.15, 0.2) is 0 Å². The number of carboxylic acid groups (broad SMARTS) is 1. The molecule has 3 N–H and O–H groups in total. The van der Waals surface area contributed by atoms with E-state index in [9.17, 15) is 9.59 Å². The first-order valence-electron chi connectivity index (χ1n) is 5.91. The minimum absolute atomic E-state index is 0.0805. The van der Waals surface area contributed by atoms with Crippen LogP contribution in [0, 0.1) is 0 Å². The highest BCUT2D eigenvalue weighted by Gasteiger charge is 2.35. The molecular formula is C13H16N2O3. The van der Waals surface area contributed by atoms with E-state index in [0.29, 0.717) is 5.69 Å². The Morgan fingerprint density at radius 1 is 1.33 bits per heavy atom. The summed E-state index contributed by atoms with van der Waals surface area (Å²) in [7, 11) is 0. The molecule has 18 heavy (non-hydrogen) atoms. The third-order valence-corrected chi connectivity index (χ3v) is 3.26. The van der Waals surface area contributed by atoms with E-state index in [-0.39, 0.29) is 11.5 Å². The van der Waals surface area contributed by atoms with Crippen LogP contribution in [0.1, 0.15) is 30.1 Å². The molecule has 1 aliphatic rings. The monoisotopic (exact) mass is 248 g/mol. The normalized spacial score (nSPS) is 22.7. The summed E-state index contributed by atoms with van der Waals surface area (Å²) in [6, 6.07) is 6.14. The summed E-state index contributed by atoms with van der Waals surface area (Å²) in [5.74, 6) is -1.06. The van der Waals surface area contributed by atoms with Gasteiger partial charge in [0.2, 0.25) is 5.91 Å². The number of amides is 1. The summed E-state index contributed by atoms with van der Waals surface area (Å²) < 4.78 is 0. The highest BCUT2D eigenvalue weighted by atomic mass is 16.4. The maximum Gasteiger partial charge on any atom is 0.335 e. The van der Waals surface area contributed by atoms with Gasteiger partial charge in [-0.3, -0.25) is 4.79 Å². The number of carbonyl (C=O) groups is 2. The second-order valence-electron chi connectivity index (χ2n) is 4.70. The van der Waals surface area contributed by atoms with Crippen LogP contribution < -0.4 is 10.6 Å². The molecule has 5 nitrogen and oxygen atoms in total. The zero-order chi connectivity index (χ0) is 13.2. The summed E-state index contributed by atoms with van der Waals surface area (Å²) >= 11 is 0. The van der Waals surface area contributed by atoms with E-state index in [4.69, 9.17) is 5.11 Å². The molecule has 0 aliphatic carbocycles. The standard InChI is InChI=1S/C13H16N2O3/c1-13(7-2-8-14-13)12(18)15-10-5-3-9(4-6-10)11(16)17/h3-6,14H,2,7-8H2,1H3,(H,15,18)(H,16,17). The zero-order valence-corrected chi connectivity index (χ0v) is 10.2. The lowest BCUT2D eigenvalue weighted by atomic mass is 9.99. The highest BCUT2D eigenvalue weighted by molar-refractivity contribution is 5.98. The molecule has 1 saturated heterocycles. The summed E-state index contributed by atoms with van der Waals surface area (Å²) in [5, 5.41) is 14.7. The van der Waals surface area contributed by atoms with Gasteiger partial charge < -0.3 is 15.7 Å². The smallest absolute Gasteiger partial charge is 0.335 e. The maximum absolute atomic E-state index is 12.1. The van der Waals surface area contributed by atoms with Crippen LogP contribution in [-0.2, 0) is 4.79 Å². The Kier molecular flexibility index (Phi) is 3.34. The second kappa shape index (κ2) is 4.78. The first-order valence-corrected chi connectivity index (χ1v) is 5.91. The number of hydrogen-bond donors (Lipinski definition) is 3. The lowest BCUT2D eigenvalue weighted by molar-refractivity contribution is -0.121. The third-order valence-electron chi connectivity index (χ3n) is 3.26. The number of hydrogen-bond acceptors (Lipinski definition) is 3. The molecule has 0 bridgehead atoms. The van der Waals surface area contributed by atoms with E-state index in [0.717, 1.165) is 19.4 Å². The van der Waals surface area contributed by atoms with Crippen molar-refractivity contribution in [2.75, 3.05) is 11.9 Å². The van der Waals surface area contributed by atoms with Crippen molar-refractivity contribution >= 4 is 17.6 Å². The average molecular weight is 248 g/mol. The molecule has 1 heterocycles. The van der Waals surface area contributed by atoms with Crippen molar-refractivity contribution in [1.29, 1.82) is 0 Å². The number of carboxylic acids is 1. The van der Waals surface area contributed by atoms with E-state index in [1.165, 1.54) is 12.1 Å². The fourth-order valence-corrected chi connectivity index (χ4v) is 2.05. The Hall–Kier alpha value is -1.88. The van der Waals surface area contributed by atoms with Crippen molar-refractivity contribution in [2.24, 2.45) is 0 Å². The molecule has 0 radical (unpaired) electrons. The number of carbonyl (C=O) groups excluding carboxylic acids is 1. The van der Waals surface area contributed by atoms with Gasteiger partial charge in [0.05, 0.1) is 11.1 Å². The first-order chi connectivity index (χ1) is 8.51. The predicted octanol–water partition coefficient (Wildman–Crippen LogP) is 1.47. The Bertz CT molecular complexity index is 462.